The zero-order chi connectivity index (χ0) is 15.2. The molecule has 20 heavy (non-hydrogen) atoms. The highest BCUT2D eigenvalue weighted by atomic mass is 79.9. The summed E-state index contributed by atoms with van der Waals surface area (Å²) in [6.45, 7) is 4.41. The molecule has 0 aliphatic heterocycles. The lowest BCUT2D eigenvalue weighted by atomic mass is 9.83. The number of nitrogens with zero attached hydrogens (tertiary/aromatic N) is 1. The number of carbonyl (C=O) groups excluding carboxylic acids is 1. The summed E-state index contributed by atoms with van der Waals surface area (Å²) in [6.07, 6.45) is 3.16. The summed E-state index contributed by atoms with van der Waals surface area (Å²) < 4.78 is 2.09. The van der Waals surface area contributed by atoms with Crippen molar-refractivity contribution in [1.29, 1.82) is 0 Å². The second kappa shape index (κ2) is 7.59. The number of aliphatic hydroxyl groups excluding tert-OH is 1. The van der Waals surface area contributed by atoms with Gasteiger partial charge in [-0.2, -0.15) is 0 Å². The van der Waals surface area contributed by atoms with Crippen LogP contribution in [0.4, 0.5) is 0 Å². The summed E-state index contributed by atoms with van der Waals surface area (Å²) in [5.74, 6) is -0.232. The fraction of sp³-hybridized carbons (Fsp3) is 0.571. The third-order valence-electron chi connectivity index (χ3n) is 3.76. The van der Waals surface area contributed by atoms with Crippen LogP contribution in [-0.4, -0.2) is 28.7 Å². The molecule has 0 aliphatic carbocycles. The predicted molar refractivity (Wildman–Crippen MR) is 81.5 cm³/mol. The first-order valence-electron chi connectivity index (χ1n) is 6.70. The van der Waals surface area contributed by atoms with E-state index in [0.29, 0.717) is 6.54 Å². The smallest absolute Gasteiger partial charge is 0.251 e. The number of carbonyl (C=O) groups is 1. The Morgan fingerprint density at radius 3 is 2.60 bits per heavy atom. The van der Waals surface area contributed by atoms with Crippen LogP contribution in [0.15, 0.2) is 27.6 Å². The van der Waals surface area contributed by atoms with Gasteiger partial charge in [-0.05, 0) is 34.8 Å². The second-order valence-corrected chi connectivity index (χ2v) is 5.87. The van der Waals surface area contributed by atoms with Crippen LogP contribution in [0.1, 0.15) is 26.7 Å². The van der Waals surface area contributed by atoms with E-state index in [0.717, 1.165) is 17.3 Å². The molecular formula is C14H21BrN2O3. The van der Waals surface area contributed by atoms with E-state index >= 15 is 0 Å². The van der Waals surface area contributed by atoms with Gasteiger partial charge in [0.05, 0.1) is 6.61 Å². The molecule has 112 valence electrons. The maximum absolute atomic E-state index is 11.9. The largest absolute Gasteiger partial charge is 0.396 e. The van der Waals surface area contributed by atoms with Crippen LogP contribution in [0.2, 0.25) is 0 Å². The molecule has 6 heteroatoms. The summed E-state index contributed by atoms with van der Waals surface area (Å²) in [6, 6.07) is 3.05. The summed E-state index contributed by atoms with van der Waals surface area (Å²) in [4.78, 5) is 23.5. The van der Waals surface area contributed by atoms with Gasteiger partial charge in [-0.1, -0.05) is 13.8 Å². The molecule has 0 aromatic carbocycles. The Bertz CT molecular complexity index is 501. The number of amides is 1. The van der Waals surface area contributed by atoms with E-state index in [4.69, 9.17) is 0 Å². The zero-order valence-electron chi connectivity index (χ0n) is 11.9. The van der Waals surface area contributed by atoms with Crippen LogP contribution in [0.5, 0.6) is 0 Å². The molecule has 0 saturated heterocycles. The fourth-order valence-electron chi connectivity index (χ4n) is 1.90. The van der Waals surface area contributed by atoms with Gasteiger partial charge in [-0.25, -0.2) is 0 Å². The molecule has 0 spiro atoms. The zero-order valence-corrected chi connectivity index (χ0v) is 13.4. The van der Waals surface area contributed by atoms with Gasteiger partial charge in [0.15, 0.2) is 0 Å². The fourth-order valence-corrected chi connectivity index (χ4v) is 2.28. The quantitative estimate of drug-likeness (QED) is 0.787. The molecule has 1 rings (SSSR count). The standard InChI is InChI=1S/C14H21BrN2O3/c1-3-14(4-2,10-18)9-16-12(19)8-17-7-11(15)5-6-13(17)20/h5-7,18H,3-4,8-10H2,1-2H3,(H,16,19). The van der Waals surface area contributed by atoms with Gasteiger partial charge in [0.25, 0.3) is 5.56 Å². The third kappa shape index (κ3) is 4.45. The molecule has 1 amide bonds. The topological polar surface area (TPSA) is 71.3 Å². The van der Waals surface area contributed by atoms with Gasteiger partial charge >= 0.3 is 0 Å². The first-order valence-corrected chi connectivity index (χ1v) is 7.49. The number of hydrogen-bond acceptors (Lipinski definition) is 3. The van der Waals surface area contributed by atoms with Gasteiger partial charge in [0.2, 0.25) is 5.91 Å². The van der Waals surface area contributed by atoms with Crippen molar-refractivity contribution in [2.45, 2.75) is 33.2 Å². The Hall–Kier alpha value is -1.14. The van der Waals surface area contributed by atoms with Crippen LogP contribution in [0.3, 0.4) is 0 Å². The highest BCUT2D eigenvalue weighted by Crippen LogP contribution is 2.24. The van der Waals surface area contributed by atoms with E-state index in [-0.39, 0.29) is 30.0 Å². The second-order valence-electron chi connectivity index (χ2n) is 4.96. The minimum atomic E-state index is -0.280. The SMILES string of the molecule is CCC(CC)(CO)CNC(=O)Cn1cc(Br)ccc1=O. The van der Waals surface area contributed by atoms with E-state index in [1.807, 2.05) is 13.8 Å². The number of aliphatic hydroxyl groups is 1. The predicted octanol–water partition coefficient (Wildman–Crippen LogP) is 1.53. The number of rotatable bonds is 7. The van der Waals surface area contributed by atoms with Crippen LogP contribution in [-0.2, 0) is 11.3 Å². The molecule has 0 aliphatic rings. The minimum Gasteiger partial charge on any atom is -0.396 e. The Morgan fingerprint density at radius 1 is 1.40 bits per heavy atom. The molecule has 0 unspecified atom stereocenters. The van der Waals surface area contributed by atoms with Crippen LogP contribution in [0.25, 0.3) is 0 Å². The molecular weight excluding hydrogens is 324 g/mol. The lowest BCUT2D eigenvalue weighted by Gasteiger charge is -2.29. The number of halogens is 1. The summed E-state index contributed by atoms with van der Waals surface area (Å²) >= 11 is 3.27. The van der Waals surface area contributed by atoms with Crippen molar-refractivity contribution in [2.24, 2.45) is 5.41 Å². The van der Waals surface area contributed by atoms with Gasteiger partial charge in [-0.15, -0.1) is 0 Å². The van der Waals surface area contributed by atoms with Gasteiger partial charge in [0, 0.05) is 28.7 Å². The minimum absolute atomic E-state index is 0.0206. The maximum atomic E-state index is 11.9. The summed E-state index contributed by atoms with van der Waals surface area (Å²) in [7, 11) is 0. The molecule has 0 radical (unpaired) electrons. The van der Waals surface area contributed by atoms with Crippen molar-refractivity contribution in [3.63, 3.8) is 0 Å². The van der Waals surface area contributed by atoms with Crippen molar-refractivity contribution < 1.29 is 9.90 Å². The van der Waals surface area contributed by atoms with Crippen molar-refractivity contribution in [2.75, 3.05) is 13.2 Å². The van der Waals surface area contributed by atoms with Crippen LogP contribution < -0.4 is 10.9 Å². The van der Waals surface area contributed by atoms with Crippen LogP contribution in [0, 0.1) is 5.41 Å². The lowest BCUT2D eigenvalue weighted by Crippen LogP contribution is -2.41. The van der Waals surface area contributed by atoms with Crippen molar-refractivity contribution in [3.05, 3.63) is 33.2 Å². The molecule has 2 N–H and O–H groups in total. The van der Waals surface area contributed by atoms with E-state index in [1.165, 1.54) is 10.6 Å². The third-order valence-corrected chi connectivity index (χ3v) is 4.23. The molecule has 1 aromatic heterocycles. The van der Waals surface area contributed by atoms with Gasteiger partial charge in [-0.3, -0.25) is 9.59 Å². The molecule has 5 nitrogen and oxygen atoms in total. The number of aromatic nitrogens is 1. The normalized spacial score (nSPS) is 11.4. The van der Waals surface area contributed by atoms with Crippen LogP contribution >= 0.6 is 15.9 Å². The van der Waals surface area contributed by atoms with Gasteiger partial charge < -0.3 is 15.0 Å². The summed E-state index contributed by atoms with van der Waals surface area (Å²) in [5.41, 5.74) is -0.500. The van der Waals surface area contributed by atoms with E-state index in [1.54, 1.807) is 12.3 Å². The average Bonchev–Trinajstić information content (AvgIpc) is 2.45. The Balaban J connectivity index is 2.64. The highest BCUT2D eigenvalue weighted by molar-refractivity contribution is 9.10. The number of pyridine rings is 1. The van der Waals surface area contributed by atoms with E-state index in [2.05, 4.69) is 21.2 Å². The molecule has 0 atom stereocenters. The van der Waals surface area contributed by atoms with E-state index < -0.39 is 0 Å². The number of nitrogens with one attached hydrogen (secondary N) is 1. The summed E-state index contributed by atoms with van der Waals surface area (Å²) in [5, 5.41) is 12.2. The Kier molecular flexibility index (Phi) is 6.42. The lowest BCUT2D eigenvalue weighted by molar-refractivity contribution is -0.122. The molecule has 0 bridgehead atoms. The van der Waals surface area contributed by atoms with Crippen molar-refractivity contribution in [1.82, 2.24) is 9.88 Å². The molecule has 0 fully saturated rings. The monoisotopic (exact) mass is 344 g/mol. The highest BCUT2D eigenvalue weighted by Gasteiger charge is 2.25. The number of hydrogen-bond donors (Lipinski definition) is 2. The van der Waals surface area contributed by atoms with E-state index in [9.17, 15) is 14.7 Å². The first kappa shape index (κ1) is 16.9. The maximum Gasteiger partial charge on any atom is 0.251 e. The molecule has 0 saturated carbocycles. The van der Waals surface area contributed by atoms with Crippen molar-refractivity contribution in [3.8, 4) is 0 Å². The first-order chi connectivity index (χ1) is 9.46. The average molecular weight is 345 g/mol. The Labute approximate surface area is 127 Å². The Morgan fingerprint density at radius 2 is 2.05 bits per heavy atom. The molecule has 1 aromatic rings. The van der Waals surface area contributed by atoms with Gasteiger partial charge in [0.1, 0.15) is 6.54 Å². The van der Waals surface area contributed by atoms with Crippen molar-refractivity contribution >= 4 is 21.8 Å². The molecule has 1 heterocycles.